The average molecular weight is 324 g/mol. The predicted molar refractivity (Wildman–Crippen MR) is 87.6 cm³/mol. The molecule has 0 spiro atoms. The van der Waals surface area contributed by atoms with Crippen LogP contribution in [0.15, 0.2) is 11.2 Å². The van der Waals surface area contributed by atoms with Crippen LogP contribution >= 0.6 is 11.8 Å². The van der Waals surface area contributed by atoms with E-state index in [1.54, 1.807) is 6.07 Å². The van der Waals surface area contributed by atoms with Gasteiger partial charge in [0.25, 0.3) is 0 Å². The van der Waals surface area contributed by atoms with Gasteiger partial charge in [0.15, 0.2) is 5.16 Å². The van der Waals surface area contributed by atoms with E-state index < -0.39 is 0 Å². The number of thioether (sulfide) groups is 1. The highest BCUT2D eigenvalue weighted by Gasteiger charge is 2.26. The summed E-state index contributed by atoms with van der Waals surface area (Å²) in [5.74, 6) is 0.594. The van der Waals surface area contributed by atoms with Gasteiger partial charge in [0.2, 0.25) is 5.91 Å². The lowest BCUT2D eigenvalue weighted by molar-refractivity contribution is -0.121. The summed E-state index contributed by atoms with van der Waals surface area (Å²) in [6, 6.07) is 1.71. The van der Waals surface area contributed by atoms with E-state index in [4.69, 9.17) is 10.5 Å². The zero-order valence-electron chi connectivity index (χ0n) is 13.3. The number of nitrogens with two attached hydrogens (primary N) is 1. The normalized spacial score (nSPS) is 19.4. The second-order valence-corrected chi connectivity index (χ2v) is 6.99. The number of nitrogen functional groups attached to an aromatic ring is 1. The molecule has 0 aromatic carbocycles. The second-order valence-electron chi connectivity index (χ2n) is 5.88. The Hall–Kier alpha value is -1.34. The molecule has 0 aliphatic carbocycles. The van der Waals surface area contributed by atoms with Crippen LogP contribution < -0.4 is 11.1 Å². The molecular weight excluding hydrogens is 300 g/mol. The Morgan fingerprint density at radius 3 is 2.91 bits per heavy atom. The highest BCUT2D eigenvalue weighted by Crippen LogP contribution is 2.26. The highest BCUT2D eigenvalue weighted by atomic mass is 32.2. The van der Waals surface area contributed by atoms with Gasteiger partial charge in [-0.3, -0.25) is 4.79 Å². The number of rotatable bonds is 6. The molecule has 0 radical (unpaired) electrons. The molecule has 3 N–H and O–H groups in total. The van der Waals surface area contributed by atoms with Crippen molar-refractivity contribution in [2.24, 2.45) is 5.92 Å². The maximum Gasteiger partial charge on any atom is 0.233 e. The summed E-state index contributed by atoms with van der Waals surface area (Å²) < 4.78 is 5.53. The van der Waals surface area contributed by atoms with Gasteiger partial charge in [0.05, 0.1) is 11.4 Å². The molecule has 2 rings (SSSR count). The number of nitrogens with zero attached hydrogens (tertiary/aromatic N) is 2. The molecule has 22 heavy (non-hydrogen) atoms. The monoisotopic (exact) mass is 324 g/mol. The van der Waals surface area contributed by atoms with Gasteiger partial charge >= 0.3 is 0 Å². The molecule has 0 bridgehead atoms. The number of aryl methyl sites for hydroxylation is 1. The summed E-state index contributed by atoms with van der Waals surface area (Å²) in [7, 11) is 0. The van der Waals surface area contributed by atoms with E-state index >= 15 is 0 Å². The van der Waals surface area contributed by atoms with Crippen LogP contribution in [0.4, 0.5) is 5.82 Å². The van der Waals surface area contributed by atoms with E-state index in [9.17, 15) is 4.79 Å². The number of amides is 1. The topological polar surface area (TPSA) is 90.1 Å². The molecule has 0 saturated carbocycles. The summed E-state index contributed by atoms with van der Waals surface area (Å²) in [6.45, 7) is 7.26. The Kier molecular flexibility index (Phi) is 6.02. The lowest BCUT2D eigenvalue weighted by atomic mass is 10.1. The molecule has 1 aliphatic rings. The maximum absolute atomic E-state index is 12.4. The fourth-order valence-electron chi connectivity index (χ4n) is 2.34. The molecule has 122 valence electrons. The van der Waals surface area contributed by atoms with Gasteiger partial charge in [-0.25, -0.2) is 9.97 Å². The van der Waals surface area contributed by atoms with Crippen LogP contribution in [0.3, 0.4) is 0 Å². The Balaban J connectivity index is 1.97. The van der Waals surface area contributed by atoms with Crippen LogP contribution in [0.5, 0.6) is 0 Å². The molecule has 1 fully saturated rings. The van der Waals surface area contributed by atoms with Crippen molar-refractivity contribution in [1.82, 2.24) is 15.3 Å². The first-order chi connectivity index (χ1) is 10.5. The third-order valence-electron chi connectivity index (χ3n) is 3.48. The first-order valence-electron chi connectivity index (χ1n) is 7.63. The molecule has 2 atom stereocenters. The van der Waals surface area contributed by atoms with Crippen molar-refractivity contribution in [2.75, 3.05) is 18.9 Å². The van der Waals surface area contributed by atoms with Crippen molar-refractivity contribution >= 4 is 23.5 Å². The number of nitrogens with one attached hydrogen (secondary N) is 1. The SMILES string of the molecule is Cc1cc(N)nc(SC(C(=O)NCC2CCCO2)C(C)C)n1. The largest absolute Gasteiger partial charge is 0.384 e. The number of ether oxygens (including phenoxy) is 1. The molecule has 6 nitrogen and oxygen atoms in total. The van der Waals surface area contributed by atoms with Gasteiger partial charge in [-0.05, 0) is 25.7 Å². The summed E-state index contributed by atoms with van der Waals surface area (Å²) in [5, 5.41) is 3.28. The third kappa shape index (κ3) is 4.84. The summed E-state index contributed by atoms with van der Waals surface area (Å²) in [6.07, 6.45) is 2.23. The van der Waals surface area contributed by atoms with Crippen LogP contribution in [-0.2, 0) is 9.53 Å². The van der Waals surface area contributed by atoms with Crippen LogP contribution in [0.2, 0.25) is 0 Å². The van der Waals surface area contributed by atoms with E-state index in [0.29, 0.717) is 17.5 Å². The van der Waals surface area contributed by atoms with Gasteiger partial charge in [0.1, 0.15) is 5.82 Å². The minimum atomic E-state index is -0.248. The zero-order valence-corrected chi connectivity index (χ0v) is 14.2. The molecule has 1 amide bonds. The van der Waals surface area contributed by atoms with Crippen molar-refractivity contribution < 1.29 is 9.53 Å². The van der Waals surface area contributed by atoms with E-state index in [2.05, 4.69) is 15.3 Å². The van der Waals surface area contributed by atoms with Crippen molar-refractivity contribution in [1.29, 1.82) is 0 Å². The Bertz CT molecular complexity index is 498. The van der Waals surface area contributed by atoms with Gasteiger partial charge < -0.3 is 15.8 Å². The van der Waals surface area contributed by atoms with Crippen LogP contribution in [-0.4, -0.2) is 40.4 Å². The molecule has 7 heteroatoms. The first kappa shape index (κ1) is 17.0. The highest BCUT2D eigenvalue weighted by molar-refractivity contribution is 8.00. The third-order valence-corrected chi connectivity index (χ3v) is 4.88. The number of carbonyl (C=O) groups is 1. The quantitative estimate of drug-likeness (QED) is 0.612. The summed E-state index contributed by atoms with van der Waals surface area (Å²) in [5.41, 5.74) is 6.55. The number of hydrogen-bond donors (Lipinski definition) is 2. The predicted octanol–water partition coefficient (Wildman–Crippen LogP) is 1.78. The lowest BCUT2D eigenvalue weighted by Gasteiger charge is -2.20. The Labute approximate surface area is 135 Å². The van der Waals surface area contributed by atoms with Crippen molar-refractivity contribution in [3.05, 3.63) is 11.8 Å². The van der Waals surface area contributed by atoms with Crippen LogP contribution in [0.1, 0.15) is 32.4 Å². The van der Waals surface area contributed by atoms with Gasteiger partial charge in [-0.1, -0.05) is 25.6 Å². The minimum absolute atomic E-state index is 0.000762. The molecule has 1 aromatic rings. The maximum atomic E-state index is 12.4. The van der Waals surface area contributed by atoms with Gasteiger partial charge in [0, 0.05) is 24.9 Å². The van der Waals surface area contributed by atoms with Crippen molar-refractivity contribution in [3.63, 3.8) is 0 Å². The smallest absolute Gasteiger partial charge is 0.233 e. The van der Waals surface area contributed by atoms with Crippen molar-refractivity contribution in [2.45, 2.75) is 50.1 Å². The van der Waals surface area contributed by atoms with E-state index in [1.165, 1.54) is 11.8 Å². The number of aromatic nitrogens is 2. The molecule has 1 aromatic heterocycles. The lowest BCUT2D eigenvalue weighted by Crippen LogP contribution is -2.39. The minimum Gasteiger partial charge on any atom is -0.384 e. The van der Waals surface area contributed by atoms with E-state index in [-0.39, 0.29) is 23.2 Å². The first-order valence-corrected chi connectivity index (χ1v) is 8.51. The molecule has 1 saturated heterocycles. The fourth-order valence-corrected chi connectivity index (χ4v) is 3.39. The van der Waals surface area contributed by atoms with Crippen molar-refractivity contribution in [3.8, 4) is 0 Å². The molecule has 1 aliphatic heterocycles. The number of carbonyl (C=O) groups excluding carboxylic acids is 1. The summed E-state index contributed by atoms with van der Waals surface area (Å²) >= 11 is 1.36. The Morgan fingerprint density at radius 1 is 1.55 bits per heavy atom. The van der Waals surface area contributed by atoms with Gasteiger partial charge in [-0.2, -0.15) is 0 Å². The average Bonchev–Trinajstić information content (AvgIpc) is 2.94. The second kappa shape index (κ2) is 7.78. The fraction of sp³-hybridized carbons (Fsp3) is 0.667. The number of hydrogen-bond acceptors (Lipinski definition) is 6. The standard InChI is InChI=1S/C15H24N4O2S/c1-9(2)13(14(20)17-8-11-5-4-6-21-11)22-15-18-10(3)7-12(16)19-15/h7,9,11,13H,4-6,8H2,1-3H3,(H,17,20)(H2,16,18,19). The van der Waals surface area contributed by atoms with E-state index in [0.717, 1.165) is 25.1 Å². The molecule has 2 unspecified atom stereocenters. The number of anilines is 1. The summed E-state index contributed by atoms with van der Waals surface area (Å²) in [4.78, 5) is 21.0. The molecule has 2 heterocycles. The molecular formula is C15H24N4O2S. The van der Waals surface area contributed by atoms with Crippen LogP contribution in [0, 0.1) is 12.8 Å². The Morgan fingerprint density at radius 2 is 2.32 bits per heavy atom. The van der Waals surface area contributed by atoms with Gasteiger partial charge in [-0.15, -0.1) is 0 Å². The van der Waals surface area contributed by atoms with Crippen LogP contribution in [0.25, 0.3) is 0 Å². The zero-order chi connectivity index (χ0) is 16.1. The van der Waals surface area contributed by atoms with E-state index in [1.807, 2.05) is 20.8 Å².